The van der Waals surface area contributed by atoms with Crippen LogP contribution in [0, 0.1) is 6.92 Å². The predicted octanol–water partition coefficient (Wildman–Crippen LogP) is 0.553. The molecular weight excluding hydrogens is 216 g/mol. The SMILES string of the molecule is Cc1nn(C)cc1C(=O)N(C)C1CCNCC1. The Morgan fingerprint density at radius 2 is 2.18 bits per heavy atom. The Morgan fingerprint density at radius 1 is 1.53 bits per heavy atom. The molecule has 1 aromatic rings. The van der Waals surface area contributed by atoms with Crippen LogP contribution in [0.25, 0.3) is 0 Å². The highest BCUT2D eigenvalue weighted by Crippen LogP contribution is 2.15. The van der Waals surface area contributed by atoms with Crippen molar-refractivity contribution in [3.63, 3.8) is 0 Å². The van der Waals surface area contributed by atoms with Gasteiger partial charge in [0, 0.05) is 26.3 Å². The maximum atomic E-state index is 12.3. The summed E-state index contributed by atoms with van der Waals surface area (Å²) >= 11 is 0. The number of aromatic nitrogens is 2. The molecule has 0 radical (unpaired) electrons. The van der Waals surface area contributed by atoms with E-state index in [0.717, 1.165) is 31.6 Å². The molecule has 1 aliphatic heterocycles. The molecule has 0 aliphatic carbocycles. The van der Waals surface area contributed by atoms with Gasteiger partial charge in [-0.1, -0.05) is 0 Å². The number of aryl methyl sites for hydroxylation is 2. The minimum Gasteiger partial charge on any atom is -0.339 e. The molecule has 0 unspecified atom stereocenters. The molecule has 1 fully saturated rings. The fraction of sp³-hybridized carbons (Fsp3) is 0.667. The van der Waals surface area contributed by atoms with Crippen LogP contribution in [-0.4, -0.2) is 46.8 Å². The van der Waals surface area contributed by atoms with Gasteiger partial charge in [0.2, 0.25) is 0 Å². The van der Waals surface area contributed by atoms with E-state index in [9.17, 15) is 4.79 Å². The van der Waals surface area contributed by atoms with E-state index in [0.29, 0.717) is 11.6 Å². The Morgan fingerprint density at radius 3 is 2.71 bits per heavy atom. The van der Waals surface area contributed by atoms with Crippen molar-refractivity contribution in [2.24, 2.45) is 7.05 Å². The van der Waals surface area contributed by atoms with E-state index >= 15 is 0 Å². The van der Waals surface area contributed by atoms with Crippen molar-refractivity contribution in [3.05, 3.63) is 17.5 Å². The molecule has 5 heteroatoms. The molecule has 1 aliphatic rings. The third-order valence-corrected chi connectivity index (χ3v) is 3.42. The molecule has 0 atom stereocenters. The smallest absolute Gasteiger partial charge is 0.257 e. The van der Waals surface area contributed by atoms with Gasteiger partial charge in [0.15, 0.2) is 0 Å². The topological polar surface area (TPSA) is 50.2 Å². The van der Waals surface area contributed by atoms with Gasteiger partial charge in [0.25, 0.3) is 5.91 Å². The molecule has 2 heterocycles. The van der Waals surface area contributed by atoms with Crippen molar-refractivity contribution in [3.8, 4) is 0 Å². The Labute approximate surface area is 102 Å². The van der Waals surface area contributed by atoms with Gasteiger partial charge in [-0.3, -0.25) is 9.48 Å². The van der Waals surface area contributed by atoms with Crippen LogP contribution in [0.15, 0.2) is 6.20 Å². The summed E-state index contributed by atoms with van der Waals surface area (Å²) in [6.45, 7) is 3.87. The van der Waals surface area contributed by atoms with E-state index in [2.05, 4.69) is 10.4 Å². The number of piperidine rings is 1. The Bertz CT molecular complexity index is 407. The number of nitrogens with one attached hydrogen (secondary N) is 1. The van der Waals surface area contributed by atoms with Gasteiger partial charge >= 0.3 is 0 Å². The highest BCUT2D eigenvalue weighted by atomic mass is 16.2. The highest BCUT2D eigenvalue weighted by Gasteiger charge is 2.24. The van der Waals surface area contributed by atoms with Crippen molar-refractivity contribution >= 4 is 5.91 Å². The first-order chi connectivity index (χ1) is 8.09. The number of rotatable bonds is 2. The lowest BCUT2D eigenvalue weighted by molar-refractivity contribution is 0.0702. The quantitative estimate of drug-likeness (QED) is 0.816. The molecule has 0 spiro atoms. The average Bonchev–Trinajstić information content (AvgIpc) is 2.68. The fourth-order valence-electron chi connectivity index (χ4n) is 2.36. The summed E-state index contributed by atoms with van der Waals surface area (Å²) in [6, 6.07) is 0.350. The Hall–Kier alpha value is -1.36. The molecule has 2 rings (SSSR count). The zero-order chi connectivity index (χ0) is 12.4. The molecule has 0 aromatic carbocycles. The number of amides is 1. The van der Waals surface area contributed by atoms with Gasteiger partial charge in [-0.05, 0) is 32.9 Å². The monoisotopic (exact) mass is 236 g/mol. The lowest BCUT2D eigenvalue weighted by atomic mass is 10.0. The standard InChI is InChI=1S/C12H20N4O/c1-9-11(8-15(2)14-9)12(17)16(3)10-4-6-13-7-5-10/h8,10,13H,4-7H2,1-3H3. The average molecular weight is 236 g/mol. The highest BCUT2D eigenvalue weighted by molar-refractivity contribution is 5.95. The second-order valence-corrected chi connectivity index (χ2v) is 4.70. The van der Waals surface area contributed by atoms with Crippen LogP contribution >= 0.6 is 0 Å². The number of carbonyl (C=O) groups excluding carboxylic acids is 1. The van der Waals surface area contributed by atoms with Crippen molar-refractivity contribution in [1.29, 1.82) is 0 Å². The summed E-state index contributed by atoms with van der Waals surface area (Å²) in [5.74, 6) is 0.0856. The lowest BCUT2D eigenvalue weighted by Crippen LogP contribution is -2.44. The number of hydrogen-bond donors (Lipinski definition) is 1. The van der Waals surface area contributed by atoms with Crippen LogP contribution in [0.5, 0.6) is 0 Å². The predicted molar refractivity (Wildman–Crippen MR) is 65.9 cm³/mol. The minimum atomic E-state index is 0.0856. The Balaban J connectivity index is 2.11. The Kier molecular flexibility index (Phi) is 3.47. The van der Waals surface area contributed by atoms with Crippen LogP contribution in [0.1, 0.15) is 28.9 Å². The van der Waals surface area contributed by atoms with Crippen molar-refractivity contribution in [2.75, 3.05) is 20.1 Å². The molecule has 0 saturated carbocycles. The molecule has 17 heavy (non-hydrogen) atoms. The second-order valence-electron chi connectivity index (χ2n) is 4.70. The summed E-state index contributed by atoms with van der Waals surface area (Å²) in [4.78, 5) is 14.2. The van der Waals surface area contributed by atoms with Gasteiger partial charge in [0.05, 0.1) is 11.3 Å². The summed E-state index contributed by atoms with van der Waals surface area (Å²) in [5.41, 5.74) is 1.52. The van der Waals surface area contributed by atoms with Crippen molar-refractivity contribution in [1.82, 2.24) is 20.0 Å². The van der Waals surface area contributed by atoms with Gasteiger partial charge in [-0.25, -0.2) is 0 Å². The zero-order valence-corrected chi connectivity index (χ0v) is 10.7. The maximum absolute atomic E-state index is 12.3. The van der Waals surface area contributed by atoms with E-state index in [1.807, 2.05) is 25.9 Å². The fourth-order valence-corrected chi connectivity index (χ4v) is 2.36. The number of nitrogens with zero attached hydrogens (tertiary/aromatic N) is 3. The molecule has 94 valence electrons. The largest absolute Gasteiger partial charge is 0.339 e. The van der Waals surface area contributed by atoms with E-state index < -0.39 is 0 Å². The number of carbonyl (C=O) groups is 1. The minimum absolute atomic E-state index is 0.0856. The molecular formula is C12H20N4O. The van der Waals surface area contributed by atoms with Crippen LogP contribution in [0.4, 0.5) is 0 Å². The molecule has 0 bridgehead atoms. The second kappa shape index (κ2) is 4.87. The van der Waals surface area contributed by atoms with Crippen LogP contribution in [0.3, 0.4) is 0 Å². The first-order valence-corrected chi connectivity index (χ1v) is 6.07. The molecule has 1 aromatic heterocycles. The lowest BCUT2D eigenvalue weighted by Gasteiger charge is -2.31. The van der Waals surface area contributed by atoms with Gasteiger partial charge in [-0.2, -0.15) is 5.10 Å². The first kappa shape index (κ1) is 12.1. The van der Waals surface area contributed by atoms with E-state index in [4.69, 9.17) is 0 Å². The first-order valence-electron chi connectivity index (χ1n) is 6.07. The third-order valence-electron chi connectivity index (χ3n) is 3.42. The number of hydrogen-bond acceptors (Lipinski definition) is 3. The summed E-state index contributed by atoms with van der Waals surface area (Å²) < 4.78 is 1.69. The molecule has 1 N–H and O–H groups in total. The molecule has 1 saturated heterocycles. The normalized spacial score (nSPS) is 17.1. The van der Waals surface area contributed by atoms with E-state index in [-0.39, 0.29) is 5.91 Å². The van der Waals surface area contributed by atoms with Crippen molar-refractivity contribution < 1.29 is 4.79 Å². The summed E-state index contributed by atoms with van der Waals surface area (Å²) in [5, 5.41) is 7.53. The van der Waals surface area contributed by atoms with Crippen LogP contribution in [-0.2, 0) is 7.05 Å². The van der Waals surface area contributed by atoms with E-state index in [1.165, 1.54) is 0 Å². The summed E-state index contributed by atoms with van der Waals surface area (Å²) in [6.07, 6.45) is 3.86. The molecule has 5 nitrogen and oxygen atoms in total. The van der Waals surface area contributed by atoms with Gasteiger partial charge in [-0.15, -0.1) is 0 Å². The third kappa shape index (κ3) is 2.49. The van der Waals surface area contributed by atoms with Gasteiger partial charge in [0.1, 0.15) is 0 Å². The summed E-state index contributed by atoms with van der Waals surface area (Å²) in [7, 11) is 3.74. The van der Waals surface area contributed by atoms with Gasteiger partial charge < -0.3 is 10.2 Å². The van der Waals surface area contributed by atoms with Crippen molar-refractivity contribution in [2.45, 2.75) is 25.8 Å². The molecule has 1 amide bonds. The van der Waals surface area contributed by atoms with Crippen LogP contribution < -0.4 is 5.32 Å². The van der Waals surface area contributed by atoms with Crippen LogP contribution in [0.2, 0.25) is 0 Å². The maximum Gasteiger partial charge on any atom is 0.257 e. The van der Waals surface area contributed by atoms with E-state index in [1.54, 1.807) is 10.9 Å². The zero-order valence-electron chi connectivity index (χ0n) is 10.7.